The summed E-state index contributed by atoms with van der Waals surface area (Å²) in [6.45, 7) is 6.06. The van der Waals surface area contributed by atoms with Crippen LogP contribution in [0.3, 0.4) is 0 Å². The molecule has 1 saturated heterocycles. The molecule has 0 aliphatic carbocycles. The number of anilines is 3. The van der Waals surface area contributed by atoms with Crippen molar-refractivity contribution >= 4 is 43.1 Å². The smallest absolute Gasteiger partial charge is 0.269 e. The van der Waals surface area contributed by atoms with Crippen LogP contribution in [-0.4, -0.2) is 66.7 Å². The average Bonchev–Trinajstić information content (AvgIpc) is 3.54. The number of aliphatic hydroxyl groups excluding tert-OH is 1. The molecule has 0 bridgehead atoms. The van der Waals surface area contributed by atoms with E-state index in [4.69, 9.17) is 9.47 Å². The van der Waals surface area contributed by atoms with E-state index in [1.165, 1.54) is 0 Å². The molecule has 1 spiro atoms. The number of benzene rings is 4. The van der Waals surface area contributed by atoms with Gasteiger partial charge in [-0.15, -0.1) is 0 Å². The Morgan fingerprint density at radius 1 is 0.922 bits per heavy atom. The lowest BCUT2D eigenvalue weighted by atomic mass is 9.82. The maximum atomic E-state index is 14.9. The quantitative estimate of drug-likeness (QED) is 0.209. The molecule has 7 rings (SSSR count). The largest absolute Gasteiger partial charge is 0.482 e. The Balaban J connectivity index is 1.19. The van der Waals surface area contributed by atoms with E-state index in [0.717, 1.165) is 11.1 Å². The van der Waals surface area contributed by atoms with Crippen LogP contribution < -0.4 is 14.5 Å². The van der Waals surface area contributed by atoms with E-state index in [2.05, 4.69) is 0 Å². The highest BCUT2D eigenvalue weighted by atomic mass is 28.4. The third-order valence-electron chi connectivity index (χ3n) is 10.4. The number of amides is 3. The first-order chi connectivity index (χ1) is 24.5. The van der Waals surface area contributed by atoms with Crippen LogP contribution in [0.15, 0.2) is 103 Å². The van der Waals surface area contributed by atoms with Crippen LogP contribution in [0.1, 0.15) is 30.0 Å². The van der Waals surface area contributed by atoms with E-state index in [-0.39, 0.29) is 50.4 Å². The first-order valence-corrected chi connectivity index (χ1v) is 20.4. The van der Waals surface area contributed by atoms with Crippen molar-refractivity contribution < 1.29 is 33.8 Å². The van der Waals surface area contributed by atoms with Crippen LogP contribution in [0.2, 0.25) is 18.6 Å². The van der Waals surface area contributed by atoms with Crippen molar-refractivity contribution in [2.24, 2.45) is 5.92 Å². The number of hydrogen-bond donors (Lipinski definition) is 2. The van der Waals surface area contributed by atoms with Crippen molar-refractivity contribution in [3.63, 3.8) is 0 Å². The lowest BCUT2D eigenvalue weighted by Crippen LogP contribution is -2.46. The number of hydrogen-bond acceptors (Lipinski definition) is 7. The molecular formula is C40H43N3O7Si. The van der Waals surface area contributed by atoms with Crippen molar-refractivity contribution in [1.29, 1.82) is 0 Å². The van der Waals surface area contributed by atoms with Crippen molar-refractivity contribution in [3.05, 3.63) is 120 Å². The Labute approximate surface area is 299 Å². The van der Waals surface area contributed by atoms with Gasteiger partial charge in [-0.3, -0.25) is 19.3 Å². The second-order valence-corrected chi connectivity index (χ2v) is 18.1. The molecule has 3 heterocycles. The summed E-state index contributed by atoms with van der Waals surface area (Å²) in [4.78, 5) is 58.6. The monoisotopic (exact) mass is 705 g/mol. The Morgan fingerprint density at radius 3 is 2.35 bits per heavy atom. The molecule has 2 N–H and O–H groups in total. The van der Waals surface area contributed by atoms with Crippen LogP contribution in [0.25, 0.3) is 0 Å². The van der Waals surface area contributed by atoms with Gasteiger partial charge >= 0.3 is 0 Å². The molecule has 3 aliphatic rings. The summed E-state index contributed by atoms with van der Waals surface area (Å²) >= 11 is 0. The van der Waals surface area contributed by atoms with E-state index < -0.39 is 31.5 Å². The van der Waals surface area contributed by atoms with Crippen LogP contribution >= 0.6 is 0 Å². The van der Waals surface area contributed by atoms with Gasteiger partial charge in [0.1, 0.15) is 5.75 Å². The van der Waals surface area contributed by atoms with E-state index in [9.17, 15) is 24.3 Å². The minimum atomic E-state index is -3.01. The minimum Gasteiger partial charge on any atom is -0.482 e. The number of carbonyl (C=O) groups excluding carboxylic acids is 3. The van der Waals surface area contributed by atoms with Gasteiger partial charge in [0.05, 0.1) is 37.1 Å². The van der Waals surface area contributed by atoms with Crippen molar-refractivity contribution in [2.45, 2.75) is 56.8 Å². The maximum Gasteiger partial charge on any atom is 0.269 e. The molecule has 10 nitrogen and oxygen atoms in total. The average molecular weight is 706 g/mol. The molecule has 0 aromatic heterocycles. The summed E-state index contributed by atoms with van der Waals surface area (Å²) in [6, 6.07) is 32.2. The van der Waals surface area contributed by atoms with Crippen molar-refractivity contribution in [3.8, 4) is 5.75 Å². The van der Waals surface area contributed by atoms with Crippen LogP contribution in [-0.2, 0) is 37.8 Å². The van der Waals surface area contributed by atoms with Gasteiger partial charge in [0.15, 0.2) is 20.5 Å². The highest BCUT2D eigenvalue weighted by Gasteiger charge is 2.66. The summed E-state index contributed by atoms with van der Waals surface area (Å²) < 4.78 is 12.5. The molecule has 11 heteroatoms. The number of aliphatic hydroxyl groups is 1. The van der Waals surface area contributed by atoms with Gasteiger partial charge in [-0.25, -0.2) is 0 Å². The first-order valence-electron chi connectivity index (χ1n) is 17.4. The molecular weight excluding hydrogens is 663 g/mol. The van der Waals surface area contributed by atoms with Crippen LogP contribution in [0.5, 0.6) is 5.75 Å². The van der Waals surface area contributed by atoms with Gasteiger partial charge in [-0.05, 0) is 54.6 Å². The number of rotatable bonds is 10. The Kier molecular flexibility index (Phi) is 9.32. The SMILES string of the molecule is C[C@H]1[C@H]([Si](C)(C)O)[C@@H](CC(=O)N(CCO)Cc2ccccc2)O[C@]12C(=O)N(Cc1cccc(N3C(=O)COc4ccccc43)c1)c1ccccc12. The van der Waals surface area contributed by atoms with Crippen molar-refractivity contribution in [2.75, 3.05) is 29.6 Å². The zero-order valence-electron chi connectivity index (χ0n) is 29.1. The number of fused-ring (bicyclic) bond motifs is 3. The zero-order valence-corrected chi connectivity index (χ0v) is 30.1. The standard InChI is InChI=1S/C40H43N3O7Si/c1-27-38(51(2,3)48)35(23-36(45)41(20-21-44)24-28-12-5-4-6-13-28)50-40(27)31-16-7-8-17-32(31)42(39(40)47)25-29-14-11-15-30(22-29)43-33-18-9-10-19-34(33)49-26-37(43)46/h4-19,22,27,35,38,44,48H,20-21,23-26H2,1-3H3/t27-,35+,38-,40+/m0/s1. The van der Waals surface area contributed by atoms with Gasteiger partial charge < -0.3 is 29.2 Å². The molecule has 3 amide bonds. The van der Waals surface area contributed by atoms with E-state index in [1.54, 1.807) is 14.7 Å². The summed E-state index contributed by atoms with van der Waals surface area (Å²) in [5.41, 5.74) is 2.67. The maximum absolute atomic E-state index is 14.9. The van der Waals surface area contributed by atoms with Gasteiger partial charge in [-0.1, -0.05) is 79.7 Å². The molecule has 4 atom stereocenters. The third-order valence-corrected chi connectivity index (χ3v) is 12.9. The topological polar surface area (TPSA) is 120 Å². The lowest BCUT2D eigenvalue weighted by molar-refractivity contribution is -0.150. The van der Waals surface area contributed by atoms with Crippen LogP contribution in [0, 0.1) is 5.92 Å². The summed E-state index contributed by atoms with van der Waals surface area (Å²) in [6.07, 6.45) is -0.753. The summed E-state index contributed by atoms with van der Waals surface area (Å²) in [5.74, 6) is -0.460. The fraction of sp³-hybridized carbons (Fsp3) is 0.325. The normalized spacial score (nSPS) is 22.6. The zero-order chi connectivity index (χ0) is 35.9. The van der Waals surface area contributed by atoms with Gasteiger partial charge in [-0.2, -0.15) is 0 Å². The molecule has 51 heavy (non-hydrogen) atoms. The fourth-order valence-electron chi connectivity index (χ4n) is 8.27. The van der Waals surface area contributed by atoms with Gasteiger partial charge in [0, 0.05) is 35.8 Å². The second-order valence-electron chi connectivity index (χ2n) is 14.2. The summed E-state index contributed by atoms with van der Waals surface area (Å²) in [7, 11) is -3.01. The highest BCUT2D eigenvalue weighted by molar-refractivity contribution is 6.71. The third kappa shape index (κ3) is 6.24. The number of para-hydroxylation sites is 3. The minimum absolute atomic E-state index is 0.0346. The fourth-order valence-corrected chi connectivity index (χ4v) is 10.8. The Bertz CT molecular complexity index is 1950. The molecule has 0 saturated carbocycles. The van der Waals surface area contributed by atoms with Gasteiger partial charge in [0.2, 0.25) is 5.91 Å². The lowest BCUT2D eigenvalue weighted by Gasteiger charge is -2.32. The second kappa shape index (κ2) is 13.7. The molecule has 4 aromatic carbocycles. The Morgan fingerprint density at radius 2 is 1.61 bits per heavy atom. The highest BCUT2D eigenvalue weighted by Crippen LogP contribution is 2.59. The van der Waals surface area contributed by atoms with Gasteiger partial charge in [0.25, 0.3) is 11.8 Å². The van der Waals surface area contributed by atoms with E-state index in [0.29, 0.717) is 34.9 Å². The summed E-state index contributed by atoms with van der Waals surface area (Å²) in [5, 5.41) is 9.82. The predicted molar refractivity (Wildman–Crippen MR) is 196 cm³/mol. The van der Waals surface area contributed by atoms with Crippen LogP contribution in [0.4, 0.5) is 17.1 Å². The molecule has 3 aliphatic heterocycles. The first kappa shape index (κ1) is 34.6. The number of carbonyl (C=O) groups is 3. The van der Waals surface area contributed by atoms with Crippen molar-refractivity contribution in [1.82, 2.24) is 4.90 Å². The van der Waals surface area contributed by atoms with E-state index in [1.807, 2.05) is 123 Å². The van der Waals surface area contributed by atoms with E-state index >= 15 is 0 Å². The molecule has 264 valence electrons. The molecule has 0 unspecified atom stereocenters. The number of nitrogens with zero attached hydrogens (tertiary/aromatic N) is 3. The predicted octanol–water partition coefficient (Wildman–Crippen LogP) is 5.50. The number of ether oxygens (including phenoxy) is 2. The molecule has 0 radical (unpaired) electrons. The Hall–Kier alpha value is -4.81. The molecule has 1 fully saturated rings. The molecule has 4 aromatic rings.